The van der Waals surface area contributed by atoms with E-state index >= 15 is 0 Å². The van der Waals surface area contributed by atoms with Crippen molar-refractivity contribution < 1.29 is 34.5 Å². The van der Waals surface area contributed by atoms with Crippen molar-refractivity contribution in [3.05, 3.63) is 12.2 Å². The standard InChI is InChI=1S/C13H21N3O7/c1-7-4-5-23-13(8(18)11(2,21)6-17)10(20)14-12(7,16-22-3)9(19)15-13/h8,16-18,21H,1,4-6H2,2-3H3,(H,14,20)(H,15,19)/t8-,11-,12+,13-/m0/s1. The Balaban J connectivity index is 2.48. The van der Waals surface area contributed by atoms with Crippen molar-refractivity contribution >= 4 is 11.8 Å². The molecular formula is C13H21N3O7. The smallest absolute Gasteiger partial charge is 0.278 e. The topological polar surface area (TPSA) is 149 Å². The molecule has 2 amide bonds. The normalized spacial score (nSPS) is 34.9. The van der Waals surface area contributed by atoms with Gasteiger partial charge in [-0.15, -0.1) is 0 Å². The number of carbonyl (C=O) groups is 2. The maximum absolute atomic E-state index is 12.6. The molecule has 130 valence electrons. The molecule has 23 heavy (non-hydrogen) atoms. The summed E-state index contributed by atoms with van der Waals surface area (Å²) in [6.07, 6.45) is -1.74. The van der Waals surface area contributed by atoms with Crippen LogP contribution in [0.4, 0.5) is 0 Å². The Morgan fingerprint density at radius 3 is 2.70 bits per heavy atom. The number of hydrogen-bond acceptors (Lipinski definition) is 8. The minimum absolute atomic E-state index is 0.0573. The van der Waals surface area contributed by atoms with Crippen LogP contribution in [0.15, 0.2) is 12.2 Å². The van der Waals surface area contributed by atoms with Crippen molar-refractivity contribution in [1.82, 2.24) is 16.1 Å². The van der Waals surface area contributed by atoms with Crippen molar-refractivity contribution in [2.45, 2.75) is 36.4 Å². The molecule has 0 aromatic heterocycles. The summed E-state index contributed by atoms with van der Waals surface area (Å²) in [5.74, 6) is -1.69. The Morgan fingerprint density at radius 1 is 1.48 bits per heavy atom. The zero-order chi connectivity index (χ0) is 17.5. The molecule has 0 aromatic rings. The van der Waals surface area contributed by atoms with Gasteiger partial charge in [0, 0.05) is 0 Å². The third kappa shape index (κ3) is 2.53. The maximum Gasteiger partial charge on any atom is 0.278 e. The molecule has 3 fully saturated rings. The van der Waals surface area contributed by atoms with Crippen LogP contribution < -0.4 is 16.1 Å². The van der Waals surface area contributed by atoms with Crippen LogP contribution in [-0.2, 0) is 19.2 Å². The summed E-state index contributed by atoms with van der Waals surface area (Å²) in [5, 5.41) is 34.3. The van der Waals surface area contributed by atoms with Crippen LogP contribution in [0.25, 0.3) is 0 Å². The lowest BCUT2D eigenvalue weighted by molar-refractivity contribution is -0.226. The van der Waals surface area contributed by atoms with Gasteiger partial charge in [-0.25, -0.2) is 0 Å². The number of carbonyl (C=O) groups excluding carboxylic acids is 2. The molecule has 0 radical (unpaired) electrons. The van der Waals surface area contributed by atoms with E-state index in [0.29, 0.717) is 5.57 Å². The zero-order valence-electron chi connectivity index (χ0n) is 12.9. The van der Waals surface area contributed by atoms with E-state index in [1.807, 2.05) is 0 Å². The summed E-state index contributed by atoms with van der Waals surface area (Å²) in [6, 6.07) is 0. The van der Waals surface area contributed by atoms with E-state index in [0.717, 1.165) is 6.92 Å². The second-order valence-electron chi connectivity index (χ2n) is 5.82. The van der Waals surface area contributed by atoms with Crippen molar-refractivity contribution in [2.24, 2.45) is 0 Å². The zero-order valence-corrected chi connectivity index (χ0v) is 12.9. The number of hydrogen-bond donors (Lipinski definition) is 6. The molecule has 3 saturated heterocycles. The van der Waals surface area contributed by atoms with Gasteiger partial charge in [-0.1, -0.05) is 6.58 Å². The average Bonchev–Trinajstić information content (AvgIpc) is 2.49. The van der Waals surface area contributed by atoms with Crippen LogP contribution in [0, 0.1) is 0 Å². The lowest BCUT2D eigenvalue weighted by Gasteiger charge is -2.51. The van der Waals surface area contributed by atoms with Gasteiger partial charge in [0.05, 0.1) is 20.3 Å². The predicted octanol–water partition coefficient (Wildman–Crippen LogP) is -3.14. The van der Waals surface area contributed by atoms with Crippen LogP contribution in [0.2, 0.25) is 0 Å². The first-order valence-corrected chi connectivity index (χ1v) is 6.95. The Kier molecular flexibility index (Phi) is 4.50. The second kappa shape index (κ2) is 5.82. The highest BCUT2D eigenvalue weighted by Gasteiger charge is 2.63. The Labute approximate surface area is 132 Å². The van der Waals surface area contributed by atoms with E-state index in [9.17, 15) is 24.9 Å². The maximum atomic E-state index is 12.6. The third-order valence-corrected chi connectivity index (χ3v) is 4.09. The van der Waals surface area contributed by atoms with Crippen LogP contribution in [0.1, 0.15) is 13.3 Å². The molecule has 6 N–H and O–H groups in total. The molecule has 3 rings (SSSR count). The fourth-order valence-corrected chi connectivity index (χ4v) is 2.61. The summed E-state index contributed by atoms with van der Waals surface area (Å²) in [7, 11) is 1.27. The minimum atomic E-state index is -2.25. The van der Waals surface area contributed by atoms with Crippen LogP contribution >= 0.6 is 0 Å². The molecule has 0 aliphatic carbocycles. The highest BCUT2D eigenvalue weighted by molar-refractivity contribution is 6.03. The molecule has 2 bridgehead atoms. The molecule has 0 saturated carbocycles. The van der Waals surface area contributed by atoms with Gasteiger partial charge in [-0.3, -0.25) is 9.59 Å². The van der Waals surface area contributed by atoms with Crippen molar-refractivity contribution in [2.75, 3.05) is 20.3 Å². The summed E-state index contributed by atoms with van der Waals surface area (Å²) in [4.78, 5) is 29.9. The number of piperazine rings is 1. The minimum Gasteiger partial charge on any atom is -0.393 e. The number of ether oxygens (including phenoxy) is 1. The average molecular weight is 331 g/mol. The number of aliphatic hydroxyl groups excluding tert-OH is 2. The molecule has 4 atom stereocenters. The van der Waals surface area contributed by atoms with E-state index in [1.54, 1.807) is 0 Å². The quantitative estimate of drug-likeness (QED) is 0.229. The molecule has 0 spiro atoms. The van der Waals surface area contributed by atoms with Gasteiger partial charge in [0.1, 0.15) is 11.7 Å². The Hall–Kier alpha value is -1.56. The van der Waals surface area contributed by atoms with Crippen molar-refractivity contribution in [1.29, 1.82) is 0 Å². The lowest BCUT2D eigenvalue weighted by atomic mass is 9.84. The van der Waals surface area contributed by atoms with Gasteiger partial charge < -0.3 is 35.5 Å². The number of nitrogens with one attached hydrogen (secondary N) is 3. The first-order chi connectivity index (χ1) is 10.7. The first kappa shape index (κ1) is 17.8. The van der Waals surface area contributed by atoms with E-state index in [1.165, 1.54) is 7.11 Å². The number of hydroxylamine groups is 1. The number of rotatable bonds is 5. The molecule has 10 nitrogen and oxygen atoms in total. The first-order valence-electron chi connectivity index (χ1n) is 6.95. The van der Waals surface area contributed by atoms with Gasteiger partial charge in [0.2, 0.25) is 5.66 Å². The van der Waals surface area contributed by atoms with Gasteiger partial charge in [0.25, 0.3) is 17.5 Å². The van der Waals surface area contributed by atoms with Crippen molar-refractivity contribution in [3.63, 3.8) is 0 Å². The van der Waals surface area contributed by atoms with E-state index < -0.39 is 41.5 Å². The molecule has 0 unspecified atom stereocenters. The highest BCUT2D eigenvalue weighted by Crippen LogP contribution is 2.33. The van der Waals surface area contributed by atoms with Crippen LogP contribution in [-0.4, -0.2) is 70.6 Å². The summed E-state index contributed by atoms with van der Waals surface area (Å²) < 4.78 is 5.39. The fraction of sp³-hybridized carbons (Fsp3) is 0.692. The van der Waals surface area contributed by atoms with E-state index in [-0.39, 0.29) is 13.0 Å². The summed E-state index contributed by atoms with van der Waals surface area (Å²) in [6.45, 7) is 3.96. The SMILES string of the molecule is C=C1CCO[C@]2([C@@H](O)[C@@](C)(O)CO)NC(=O)[C@@]1(NOC)NC2=O. The molecule has 10 heteroatoms. The van der Waals surface area contributed by atoms with E-state index in [2.05, 4.69) is 22.7 Å². The van der Waals surface area contributed by atoms with Gasteiger partial charge in [0.15, 0.2) is 0 Å². The number of aliphatic hydroxyl groups is 3. The monoisotopic (exact) mass is 331 g/mol. The lowest BCUT2D eigenvalue weighted by Crippen LogP contribution is -2.85. The molecule has 3 aliphatic heterocycles. The highest BCUT2D eigenvalue weighted by atomic mass is 16.6. The van der Waals surface area contributed by atoms with Gasteiger partial charge in [-0.05, 0) is 18.9 Å². The van der Waals surface area contributed by atoms with Crippen LogP contribution in [0.5, 0.6) is 0 Å². The second-order valence-corrected chi connectivity index (χ2v) is 5.82. The number of amides is 2. The summed E-state index contributed by atoms with van der Waals surface area (Å²) in [5.41, 5.74) is -3.36. The molecule has 3 heterocycles. The third-order valence-electron chi connectivity index (χ3n) is 4.09. The van der Waals surface area contributed by atoms with Gasteiger partial charge >= 0.3 is 0 Å². The number of fused-ring (bicyclic) bond motifs is 5. The molecule has 0 aromatic carbocycles. The predicted molar refractivity (Wildman–Crippen MR) is 75.3 cm³/mol. The molecule has 3 aliphatic rings. The Morgan fingerprint density at radius 2 is 2.13 bits per heavy atom. The molecular weight excluding hydrogens is 310 g/mol. The van der Waals surface area contributed by atoms with Gasteiger partial charge in [-0.2, -0.15) is 5.48 Å². The Bertz CT molecular complexity index is 538. The summed E-state index contributed by atoms with van der Waals surface area (Å²) >= 11 is 0. The van der Waals surface area contributed by atoms with E-state index in [4.69, 9.17) is 9.57 Å². The largest absolute Gasteiger partial charge is 0.393 e. The fourth-order valence-electron chi connectivity index (χ4n) is 2.61. The van der Waals surface area contributed by atoms with Crippen molar-refractivity contribution in [3.8, 4) is 0 Å². The van der Waals surface area contributed by atoms with Crippen LogP contribution in [0.3, 0.4) is 0 Å².